The van der Waals surface area contributed by atoms with Crippen LogP contribution in [0.4, 0.5) is 5.69 Å². The van der Waals surface area contributed by atoms with Gasteiger partial charge in [-0.15, -0.1) is 0 Å². The Bertz CT molecular complexity index is 652. The zero-order valence-electron chi connectivity index (χ0n) is 12.6. The van der Waals surface area contributed by atoms with Crippen molar-refractivity contribution in [2.45, 2.75) is 25.9 Å². The molecule has 0 aromatic heterocycles. The second kappa shape index (κ2) is 6.52. The molecule has 1 aliphatic heterocycles. The van der Waals surface area contributed by atoms with Crippen LogP contribution in [0.3, 0.4) is 0 Å². The summed E-state index contributed by atoms with van der Waals surface area (Å²) in [5.74, 6) is 0.875. The summed E-state index contributed by atoms with van der Waals surface area (Å²) in [4.78, 5) is 12.1. The Morgan fingerprint density at radius 1 is 1.23 bits per heavy atom. The zero-order chi connectivity index (χ0) is 15.4. The molecule has 0 fully saturated rings. The number of aryl methyl sites for hydroxylation is 1. The second-order valence-electron chi connectivity index (χ2n) is 5.61. The summed E-state index contributed by atoms with van der Waals surface area (Å²) in [7, 11) is 0. The molecule has 0 radical (unpaired) electrons. The fourth-order valence-corrected chi connectivity index (χ4v) is 2.48. The lowest BCUT2D eigenvalue weighted by molar-refractivity contribution is -0.121. The van der Waals surface area contributed by atoms with E-state index >= 15 is 0 Å². The number of fused-ring (bicyclic) bond motifs is 1. The molecular formula is C18H20N2O2. The maximum atomic E-state index is 12.1. The van der Waals surface area contributed by atoms with Crippen molar-refractivity contribution < 1.29 is 9.53 Å². The first kappa shape index (κ1) is 14.4. The standard InChI is InChI=1S/C18H20N2O2/c1-13-6-8-14(9-7-13)11-19-18(21)10-15-12-22-17-5-3-2-4-16(17)20-15/h2-9,15,20H,10-12H2,1H3,(H,19,21)/t15-/m0/s1. The molecule has 2 aromatic carbocycles. The Morgan fingerprint density at radius 3 is 2.82 bits per heavy atom. The first-order valence-corrected chi connectivity index (χ1v) is 7.51. The fraction of sp³-hybridized carbons (Fsp3) is 0.278. The Morgan fingerprint density at radius 2 is 2.00 bits per heavy atom. The average molecular weight is 296 g/mol. The van der Waals surface area contributed by atoms with Gasteiger partial charge >= 0.3 is 0 Å². The number of hydrogen-bond donors (Lipinski definition) is 2. The molecular weight excluding hydrogens is 276 g/mol. The van der Waals surface area contributed by atoms with Crippen molar-refractivity contribution in [1.29, 1.82) is 0 Å². The third kappa shape index (κ3) is 3.58. The van der Waals surface area contributed by atoms with Crippen LogP contribution in [0.25, 0.3) is 0 Å². The summed E-state index contributed by atoms with van der Waals surface area (Å²) in [5, 5.41) is 6.30. The molecule has 1 amide bonds. The minimum Gasteiger partial charge on any atom is -0.489 e. The Kier molecular flexibility index (Phi) is 4.28. The van der Waals surface area contributed by atoms with Gasteiger partial charge in [0.1, 0.15) is 12.4 Å². The molecule has 3 rings (SSSR count). The van der Waals surface area contributed by atoms with Gasteiger partial charge in [-0.1, -0.05) is 42.0 Å². The first-order chi connectivity index (χ1) is 10.7. The summed E-state index contributed by atoms with van der Waals surface area (Å²) in [6.45, 7) is 3.12. The van der Waals surface area contributed by atoms with Crippen LogP contribution in [0.15, 0.2) is 48.5 Å². The lowest BCUT2D eigenvalue weighted by Crippen LogP contribution is -2.37. The van der Waals surface area contributed by atoms with Crippen molar-refractivity contribution in [2.75, 3.05) is 11.9 Å². The number of benzene rings is 2. The summed E-state index contributed by atoms with van der Waals surface area (Å²) < 4.78 is 5.67. The van der Waals surface area contributed by atoms with E-state index in [9.17, 15) is 4.79 Å². The Hall–Kier alpha value is -2.49. The second-order valence-corrected chi connectivity index (χ2v) is 5.61. The minimum absolute atomic E-state index is 0.00733. The van der Waals surface area contributed by atoms with Crippen molar-refractivity contribution in [1.82, 2.24) is 5.32 Å². The van der Waals surface area contributed by atoms with Crippen molar-refractivity contribution >= 4 is 11.6 Å². The molecule has 4 heteroatoms. The van der Waals surface area contributed by atoms with E-state index in [0.717, 1.165) is 17.0 Å². The monoisotopic (exact) mass is 296 g/mol. The van der Waals surface area contributed by atoms with Crippen molar-refractivity contribution in [3.63, 3.8) is 0 Å². The third-order valence-corrected chi connectivity index (χ3v) is 3.73. The van der Waals surface area contributed by atoms with Crippen LogP contribution in [0.2, 0.25) is 0 Å². The third-order valence-electron chi connectivity index (χ3n) is 3.73. The zero-order valence-corrected chi connectivity index (χ0v) is 12.6. The van der Waals surface area contributed by atoms with Crippen LogP contribution in [-0.2, 0) is 11.3 Å². The van der Waals surface area contributed by atoms with Crippen LogP contribution < -0.4 is 15.4 Å². The average Bonchev–Trinajstić information content (AvgIpc) is 2.54. The van der Waals surface area contributed by atoms with Gasteiger partial charge < -0.3 is 15.4 Å². The quantitative estimate of drug-likeness (QED) is 0.912. The fourth-order valence-electron chi connectivity index (χ4n) is 2.48. The Labute approximate surface area is 130 Å². The first-order valence-electron chi connectivity index (χ1n) is 7.51. The molecule has 0 unspecified atom stereocenters. The number of carbonyl (C=O) groups is 1. The normalized spacial score (nSPS) is 16.1. The van der Waals surface area contributed by atoms with Crippen molar-refractivity contribution in [2.24, 2.45) is 0 Å². The molecule has 1 atom stereocenters. The van der Waals surface area contributed by atoms with E-state index < -0.39 is 0 Å². The van der Waals surface area contributed by atoms with Gasteiger partial charge in [-0.05, 0) is 24.6 Å². The van der Waals surface area contributed by atoms with Gasteiger partial charge in [0.25, 0.3) is 0 Å². The number of carbonyl (C=O) groups excluding carboxylic acids is 1. The predicted molar refractivity (Wildman–Crippen MR) is 87.0 cm³/mol. The van der Waals surface area contributed by atoms with Crippen LogP contribution >= 0.6 is 0 Å². The highest BCUT2D eigenvalue weighted by atomic mass is 16.5. The van der Waals surface area contributed by atoms with Crippen molar-refractivity contribution in [3.8, 4) is 5.75 Å². The lowest BCUT2D eigenvalue weighted by atomic mass is 10.1. The molecule has 2 N–H and O–H groups in total. The summed E-state index contributed by atoms with van der Waals surface area (Å²) in [6, 6.07) is 16.0. The Balaban J connectivity index is 1.49. The van der Waals surface area contributed by atoms with Crippen molar-refractivity contribution in [3.05, 3.63) is 59.7 Å². The SMILES string of the molecule is Cc1ccc(CNC(=O)C[C@H]2COc3ccccc3N2)cc1. The van der Waals surface area contributed by atoms with Crippen LogP contribution in [0, 0.1) is 6.92 Å². The highest BCUT2D eigenvalue weighted by Crippen LogP contribution is 2.28. The van der Waals surface area contributed by atoms with Gasteiger partial charge in [0.2, 0.25) is 5.91 Å². The van der Waals surface area contributed by atoms with E-state index in [4.69, 9.17) is 4.74 Å². The van der Waals surface area contributed by atoms with Gasteiger partial charge in [-0.3, -0.25) is 4.79 Å². The van der Waals surface area contributed by atoms with E-state index in [0.29, 0.717) is 19.6 Å². The number of rotatable bonds is 4. The summed E-state index contributed by atoms with van der Waals surface area (Å²) in [5.41, 5.74) is 3.28. The molecule has 1 aliphatic rings. The van der Waals surface area contributed by atoms with Gasteiger partial charge in [0.05, 0.1) is 18.2 Å². The van der Waals surface area contributed by atoms with Crippen LogP contribution in [-0.4, -0.2) is 18.6 Å². The topological polar surface area (TPSA) is 50.4 Å². The molecule has 0 saturated carbocycles. The van der Waals surface area contributed by atoms with Gasteiger partial charge in [0.15, 0.2) is 0 Å². The largest absolute Gasteiger partial charge is 0.489 e. The van der Waals surface area contributed by atoms with E-state index in [1.54, 1.807) is 0 Å². The maximum Gasteiger partial charge on any atom is 0.222 e. The van der Waals surface area contributed by atoms with E-state index in [1.165, 1.54) is 5.56 Å². The molecule has 22 heavy (non-hydrogen) atoms. The number of ether oxygens (including phenoxy) is 1. The molecule has 1 heterocycles. The summed E-state index contributed by atoms with van der Waals surface area (Å²) in [6.07, 6.45) is 0.403. The number of para-hydroxylation sites is 2. The number of anilines is 1. The molecule has 0 bridgehead atoms. The van der Waals surface area contributed by atoms with Gasteiger partial charge in [-0.2, -0.15) is 0 Å². The highest BCUT2D eigenvalue weighted by molar-refractivity contribution is 5.77. The van der Waals surface area contributed by atoms with Crippen LogP contribution in [0.1, 0.15) is 17.5 Å². The maximum absolute atomic E-state index is 12.1. The molecule has 0 saturated heterocycles. The van der Waals surface area contributed by atoms with E-state index in [2.05, 4.69) is 29.7 Å². The molecule has 4 nitrogen and oxygen atoms in total. The molecule has 2 aromatic rings. The number of amides is 1. The lowest BCUT2D eigenvalue weighted by Gasteiger charge is -2.27. The molecule has 0 spiro atoms. The summed E-state index contributed by atoms with van der Waals surface area (Å²) >= 11 is 0. The van der Waals surface area contributed by atoms with E-state index in [-0.39, 0.29) is 11.9 Å². The van der Waals surface area contributed by atoms with Gasteiger partial charge in [0, 0.05) is 6.54 Å². The van der Waals surface area contributed by atoms with Crippen LogP contribution in [0.5, 0.6) is 5.75 Å². The smallest absolute Gasteiger partial charge is 0.222 e. The molecule has 0 aliphatic carbocycles. The predicted octanol–water partition coefficient (Wildman–Crippen LogP) is 2.87. The van der Waals surface area contributed by atoms with E-state index in [1.807, 2.05) is 36.4 Å². The van der Waals surface area contributed by atoms with Gasteiger partial charge in [-0.25, -0.2) is 0 Å². The number of nitrogens with one attached hydrogen (secondary N) is 2. The number of hydrogen-bond acceptors (Lipinski definition) is 3. The highest BCUT2D eigenvalue weighted by Gasteiger charge is 2.20. The minimum atomic E-state index is 0.00733. The molecule has 114 valence electrons.